The van der Waals surface area contributed by atoms with E-state index in [1.165, 1.54) is 23.1 Å². The SMILES string of the molecule is Nn1c(SCc2nnc(Cc3ccccc3)o2)nc2scc(-c3ccccc3)c2c1=O. The molecule has 3 aromatic heterocycles. The van der Waals surface area contributed by atoms with Crippen LogP contribution >= 0.6 is 23.1 Å². The van der Waals surface area contributed by atoms with Crippen LogP contribution in [0.5, 0.6) is 0 Å². The van der Waals surface area contributed by atoms with Gasteiger partial charge in [0.25, 0.3) is 5.56 Å². The van der Waals surface area contributed by atoms with E-state index in [0.29, 0.717) is 39.3 Å². The zero-order chi connectivity index (χ0) is 21.2. The van der Waals surface area contributed by atoms with E-state index < -0.39 is 0 Å². The van der Waals surface area contributed by atoms with Gasteiger partial charge in [0, 0.05) is 10.9 Å². The van der Waals surface area contributed by atoms with Crippen LogP contribution in [0.25, 0.3) is 21.3 Å². The molecule has 0 saturated carbocycles. The summed E-state index contributed by atoms with van der Waals surface area (Å²) in [5.41, 5.74) is 2.63. The Morgan fingerprint density at radius 1 is 1.00 bits per heavy atom. The number of aromatic nitrogens is 4. The third-order valence-electron chi connectivity index (χ3n) is 4.72. The summed E-state index contributed by atoms with van der Waals surface area (Å²) < 4.78 is 6.82. The van der Waals surface area contributed by atoms with E-state index in [1.54, 1.807) is 0 Å². The monoisotopic (exact) mass is 447 g/mol. The average Bonchev–Trinajstić information content (AvgIpc) is 3.43. The minimum absolute atomic E-state index is 0.275. The zero-order valence-corrected chi connectivity index (χ0v) is 17.9. The fourth-order valence-corrected chi connectivity index (χ4v) is 4.97. The van der Waals surface area contributed by atoms with Gasteiger partial charge < -0.3 is 10.3 Å². The van der Waals surface area contributed by atoms with Gasteiger partial charge in [-0.05, 0) is 11.1 Å². The number of benzene rings is 2. The summed E-state index contributed by atoms with van der Waals surface area (Å²) in [5.74, 6) is 7.46. The average molecular weight is 448 g/mol. The Morgan fingerprint density at radius 2 is 1.71 bits per heavy atom. The lowest BCUT2D eigenvalue weighted by molar-refractivity contribution is 0.474. The number of thiophene rings is 1. The van der Waals surface area contributed by atoms with Crippen LogP contribution in [0.2, 0.25) is 0 Å². The highest BCUT2D eigenvalue weighted by molar-refractivity contribution is 7.98. The largest absolute Gasteiger partial charge is 0.424 e. The molecule has 2 aromatic carbocycles. The maximum atomic E-state index is 13.0. The first-order chi connectivity index (χ1) is 15.2. The third-order valence-corrected chi connectivity index (χ3v) is 6.53. The Morgan fingerprint density at radius 3 is 2.48 bits per heavy atom. The van der Waals surface area contributed by atoms with E-state index in [4.69, 9.17) is 10.3 Å². The molecule has 3 heterocycles. The van der Waals surface area contributed by atoms with Crippen molar-refractivity contribution in [3.63, 3.8) is 0 Å². The Balaban J connectivity index is 1.37. The molecule has 0 radical (unpaired) electrons. The molecular weight excluding hydrogens is 430 g/mol. The predicted octanol–water partition coefficient (Wildman–Crippen LogP) is 4.10. The van der Waals surface area contributed by atoms with Crippen molar-refractivity contribution in [3.8, 4) is 11.1 Å². The smallest absolute Gasteiger partial charge is 0.282 e. The van der Waals surface area contributed by atoms with E-state index in [0.717, 1.165) is 21.4 Å². The Kier molecular flexibility index (Phi) is 5.27. The lowest BCUT2D eigenvalue weighted by Gasteiger charge is -2.06. The maximum absolute atomic E-state index is 13.0. The first-order valence-electron chi connectivity index (χ1n) is 9.52. The first-order valence-corrected chi connectivity index (χ1v) is 11.4. The highest BCUT2D eigenvalue weighted by Crippen LogP contribution is 2.32. The van der Waals surface area contributed by atoms with Crippen molar-refractivity contribution < 1.29 is 4.42 Å². The number of nitrogens with zero attached hydrogens (tertiary/aromatic N) is 4. The Labute approximate surface area is 185 Å². The molecule has 0 bridgehead atoms. The minimum atomic E-state index is -0.275. The molecule has 0 amide bonds. The van der Waals surface area contributed by atoms with Gasteiger partial charge in [0.2, 0.25) is 11.8 Å². The standard InChI is InChI=1S/C22H17N5O2S2/c23-27-21(28)19-16(15-9-5-2-6-10-15)12-30-20(19)24-22(27)31-13-18-26-25-17(29-18)11-14-7-3-1-4-8-14/h1-10,12H,11,13,23H2. The quantitative estimate of drug-likeness (QED) is 0.238. The first kappa shape index (κ1) is 19.5. The Hall–Kier alpha value is -3.43. The van der Waals surface area contributed by atoms with Gasteiger partial charge in [0.15, 0.2) is 5.16 Å². The Bertz CT molecular complexity index is 1390. The summed E-state index contributed by atoms with van der Waals surface area (Å²) in [7, 11) is 0. The summed E-state index contributed by atoms with van der Waals surface area (Å²) in [4.78, 5) is 18.2. The lowest BCUT2D eigenvalue weighted by Crippen LogP contribution is -2.29. The van der Waals surface area contributed by atoms with E-state index >= 15 is 0 Å². The number of thioether (sulfide) groups is 1. The summed E-state index contributed by atoms with van der Waals surface area (Å²) in [6.45, 7) is 0. The molecule has 0 saturated heterocycles. The zero-order valence-electron chi connectivity index (χ0n) is 16.3. The minimum Gasteiger partial charge on any atom is -0.424 e. The van der Waals surface area contributed by atoms with Crippen LogP contribution in [-0.2, 0) is 12.2 Å². The molecule has 154 valence electrons. The molecule has 5 aromatic rings. The van der Waals surface area contributed by atoms with Gasteiger partial charge in [-0.1, -0.05) is 72.4 Å². The molecule has 5 rings (SSSR count). The molecule has 0 fully saturated rings. The number of fused-ring (bicyclic) bond motifs is 1. The van der Waals surface area contributed by atoms with Crippen molar-refractivity contribution in [1.82, 2.24) is 19.9 Å². The van der Waals surface area contributed by atoms with Crippen LogP contribution in [-0.4, -0.2) is 19.9 Å². The van der Waals surface area contributed by atoms with Gasteiger partial charge in [0.05, 0.1) is 17.6 Å². The van der Waals surface area contributed by atoms with Crippen molar-refractivity contribution >= 4 is 33.3 Å². The second kappa shape index (κ2) is 8.37. The summed E-state index contributed by atoms with van der Waals surface area (Å²) in [6.07, 6.45) is 0.571. The summed E-state index contributed by atoms with van der Waals surface area (Å²) in [5, 5.41) is 11.1. The fourth-order valence-electron chi connectivity index (χ4n) is 3.23. The van der Waals surface area contributed by atoms with Crippen LogP contribution in [0, 0.1) is 0 Å². The van der Waals surface area contributed by atoms with E-state index in [9.17, 15) is 4.79 Å². The molecule has 0 aliphatic carbocycles. The van der Waals surface area contributed by atoms with Crippen molar-refractivity contribution in [1.29, 1.82) is 0 Å². The fraction of sp³-hybridized carbons (Fsp3) is 0.0909. The summed E-state index contributed by atoms with van der Waals surface area (Å²) in [6, 6.07) is 19.7. The van der Waals surface area contributed by atoms with Gasteiger partial charge in [-0.2, -0.15) is 0 Å². The van der Waals surface area contributed by atoms with Crippen LogP contribution in [0.4, 0.5) is 0 Å². The maximum Gasteiger partial charge on any atom is 0.282 e. The molecular formula is C22H17N5O2S2. The van der Waals surface area contributed by atoms with Gasteiger partial charge >= 0.3 is 0 Å². The topological polar surface area (TPSA) is 99.8 Å². The highest BCUT2D eigenvalue weighted by atomic mass is 32.2. The number of hydrogen-bond acceptors (Lipinski definition) is 8. The molecule has 0 unspecified atom stereocenters. The molecule has 31 heavy (non-hydrogen) atoms. The lowest BCUT2D eigenvalue weighted by atomic mass is 10.1. The molecule has 7 nitrogen and oxygen atoms in total. The predicted molar refractivity (Wildman–Crippen MR) is 123 cm³/mol. The van der Waals surface area contributed by atoms with Crippen LogP contribution in [0.1, 0.15) is 17.3 Å². The second-order valence-electron chi connectivity index (χ2n) is 6.81. The van der Waals surface area contributed by atoms with E-state index in [2.05, 4.69) is 15.2 Å². The number of nitrogens with two attached hydrogens (primary N) is 1. The molecule has 0 aliphatic heterocycles. The molecule has 0 aliphatic rings. The molecule has 2 N–H and O–H groups in total. The van der Waals surface area contributed by atoms with E-state index in [1.807, 2.05) is 66.0 Å². The van der Waals surface area contributed by atoms with Crippen molar-refractivity contribution in [2.45, 2.75) is 17.3 Å². The highest BCUT2D eigenvalue weighted by Gasteiger charge is 2.17. The van der Waals surface area contributed by atoms with Gasteiger partial charge in [0.1, 0.15) is 4.83 Å². The van der Waals surface area contributed by atoms with Crippen molar-refractivity contribution in [2.75, 3.05) is 5.84 Å². The van der Waals surface area contributed by atoms with Crippen molar-refractivity contribution in [2.24, 2.45) is 0 Å². The van der Waals surface area contributed by atoms with Crippen LogP contribution < -0.4 is 11.4 Å². The van der Waals surface area contributed by atoms with Gasteiger partial charge in [-0.25, -0.2) is 9.66 Å². The van der Waals surface area contributed by atoms with Gasteiger partial charge in [-0.3, -0.25) is 4.79 Å². The number of hydrogen-bond donors (Lipinski definition) is 1. The van der Waals surface area contributed by atoms with Crippen LogP contribution in [0.15, 0.2) is 80.4 Å². The van der Waals surface area contributed by atoms with Crippen molar-refractivity contribution in [3.05, 3.63) is 93.7 Å². The molecule has 0 atom stereocenters. The summed E-state index contributed by atoms with van der Waals surface area (Å²) >= 11 is 2.72. The third kappa shape index (κ3) is 3.97. The molecule has 0 spiro atoms. The number of rotatable bonds is 6. The van der Waals surface area contributed by atoms with Gasteiger partial charge in [-0.15, -0.1) is 21.5 Å². The normalized spacial score (nSPS) is 11.2. The second-order valence-corrected chi connectivity index (χ2v) is 8.61. The van der Waals surface area contributed by atoms with E-state index in [-0.39, 0.29) is 5.56 Å². The molecule has 9 heteroatoms. The number of nitrogen functional groups attached to an aromatic ring is 1. The van der Waals surface area contributed by atoms with Crippen LogP contribution in [0.3, 0.4) is 0 Å².